The van der Waals surface area contributed by atoms with Gasteiger partial charge in [0, 0.05) is 6.04 Å². The lowest BCUT2D eigenvalue weighted by atomic mass is 10.1. The molecule has 3 heteroatoms. The fraction of sp³-hybridized carbons (Fsp3) is 0.727. The molecule has 3 nitrogen and oxygen atoms in total. The van der Waals surface area contributed by atoms with E-state index in [1.807, 2.05) is 6.92 Å². The Morgan fingerprint density at radius 1 is 1.50 bits per heavy atom. The first-order valence-corrected chi connectivity index (χ1v) is 5.09. The SMILES string of the molecule is C#CCNC(=O)C(C)NC(C)CCC. The molecular formula is C11H20N2O. The van der Waals surface area contributed by atoms with Crippen molar-refractivity contribution in [2.24, 2.45) is 0 Å². The van der Waals surface area contributed by atoms with Crippen LogP contribution in [0.2, 0.25) is 0 Å². The van der Waals surface area contributed by atoms with Gasteiger partial charge in [0.2, 0.25) is 5.91 Å². The van der Waals surface area contributed by atoms with Crippen LogP contribution in [0.1, 0.15) is 33.6 Å². The predicted octanol–water partition coefficient (Wildman–Crippen LogP) is 0.902. The van der Waals surface area contributed by atoms with Gasteiger partial charge in [-0.1, -0.05) is 19.3 Å². The normalized spacial score (nSPS) is 14.1. The lowest BCUT2D eigenvalue weighted by Crippen LogP contribution is -2.45. The van der Waals surface area contributed by atoms with Crippen LogP contribution in [0.4, 0.5) is 0 Å². The van der Waals surface area contributed by atoms with E-state index >= 15 is 0 Å². The molecule has 0 radical (unpaired) electrons. The van der Waals surface area contributed by atoms with Crippen molar-refractivity contribution >= 4 is 5.91 Å². The largest absolute Gasteiger partial charge is 0.344 e. The van der Waals surface area contributed by atoms with E-state index in [1.54, 1.807) is 0 Å². The van der Waals surface area contributed by atoms with Crippen molar-refractivity contribution in [3.63, 3.8) is 0 Å². The summed E-state index contributed by atoms with van der Waals surface area (Å²) < 4.78 is 0. The predicted molar refractivity (Wildman–Crippen MR) is 58.8 cm³/mol. The van der Waals surface area contributed by atoms with Crippen LogP contribution in [-0.2, 0) is 4.79 Å². The summed E-state index contributed by atoms with van der Waals surface area (Å²) in [5.41, 5.74) is 0. The van der Waals surface area contributed by atoms with Crippen LogP contribution in [-0.4, -0.2) is 24.5 Å². The quantitative estimate of drug-likeness (QED) is 0.620. The van der Waals surface area contributed by atoms with Gasteiger partial charge in [-0.15, -0.1) is 6.42 Å². The molecule has 0 aliphatic rings. The van der Waals surface area contributed by atoms with E-state index in [1.165, 1.54) is 0 Å². The molecule has 0 saturated heterocycles. The van der Waals surface area contributed by atoms with E-state index in [0.29, 0.717) is 12.6 Å². The van der Waals surface area contributed by atoms with Crippen LogP contribution >= 0.6 is 0 Å². The average Bonchev–Trinajstić information content (AvgIpc) is 2.14. The summed E-state index contributed by atoms with van der Waals surface area (Å²) in [5, 5.41) is 5.85. The summed E-state index contributed by atoms with van der Waals surface area (Å²) in [5.74, 6) is 2.34. The van der Waals surface area contributed by atoms with Gasteiger partial charge in [0.25, 0.3) is 0 Å². The van der Waals surface area contributed by atoms with Gasteiger partial charge in [-0.3, -0.25) is 4.79 Å². The Labute approximate surface area is 86.6 Å². The highest BCUT2D eigenvalue weighted by atomic mass is 16.2. The second-order valence-electron chi connectivity index (χ2n) is 3.50. The van der Waals surface area contributed by atoms with Gasteiger partial charge in [-0.25, -0.2) is 0 Å². The lowest BCUT2D eigenvalue weighted by molar-refractivity contribution is -0.122. The molecule has 0 bridgehead atoms. The van der Waals surface area contributed by atoms with Crippen LogP contribution in [0.15, 0.2) is 0 Å². The summed E-state index contributed by atoms with van der Waals surface area (Å²) in [6.07, 6.45) is 7.23. The number of terminal acetylenes is 1. The molecule has 0 aromatic heterocycles. The van der Waals surface area contributed by atoms with Crippen LogP contribution in [0, 0.1) is 12.3 Å². The van der Waals surface area contributed by atoms with Gasteiger partial charge in [-0.2, -0.15) is 0 Å². The van der Waals surface area contributed by atoms with Crippen molar-refractivity contribution in [1.82, 2.24) is 10.6 Å². The topological polar surface area (TPSA) is 41.1 Å². The van der Waals surface area contributed by atoms with Crippen LogP contribution in [0.3, 0.4) is 0 Å². The Kier molecular flexibility index (Phi) is 6.87. The molecule has 0 aromatic carbocycles. The number of hydrogen-bond acceptors (Lipinski definition) is 2. The fourth-order valence-electron chi connectivity index (χ4n) is 1.31. The number of rotatable bonds is 6. The first kappa shape index (κ1) is 13.0. The zero-order valence-corrected chi connectivity index (χ0v) is 9.26. The van der Waals surface area contributed by atoms with Crippen molar-refractivity contribution in [2.75, 3.05) is 6.54 Å². The molecular weight excluding hydrogens is 176 g/mol. The first-order chi connectivity index (χ1) is 6.61. The molecule has 80 valence electrons. The molecule has 14 heavy (non-hydrogen) atoms. The Morgan fingerprint density at radius 2 is 2.14 bits per heavy atom. The van der Waals surface area contributed by atoms with E-state index < -0.39 is 0 Å². The Bertz CT molecular complexity index is 208. The number of carbonyl (C=O) groups is 1. The molecule has 2 unspecified atom stereocenters. The average molecular weight is 196 g/mol. The van der Waals surface area contributed by atoms with Crippen molar-refractivity contribution in [3.8, 4) is 12.3 Å². The van der Waals surface area contributed by atoms with E-state index in [4.69, 9.17) is 6.42 Å². The molecule has 2 atom stereocenters. The third-order valence-electron chi connectivity index (χ3n) is 2.01. The van der Waals surface area contributed by atoms with Gasteiger partial charge in [0.05, 0.1) is 12.6 Å². The minimum Gasteiger partial charge on any atom is -0.344 e. The fourth-order valence-corrected chi connectivity index (χ4v) is 1.31. The van der Waals surface area contributed by atoms with E-state index in [0.717, 1.165) is 12.8 Å². The minimum absolute atomic E-state index is 0.0362. The Hall–Kier alpha value is -1.01. The minimum atomic E-state index is -0.176. The zero-order chi connectivity index (χ0) is 11.0. The van der Waals surface area contributed by atoms with E-state index in [9.17, 15) is 4.79 Å². The maximum Gasteiger partial charge on any atom is 0.237 e. The third kappa shape index (κ3) is 5.60. The molecule has 0 spiro atoms. The molecule has 0 aliphatic carbocycles. The molecule has 0 fully saturated rings. The van der Waals surface area contributed by atoms with E-state index in [2.05, 4.69) is 30.4 Å². The molecule has 0 heterocycles. The number of nitrogens with one attached hydrogen (secondary N) is 2. The maximum atomic E-state index is 11.4. The smallest absolute Gasteiger partial charge is 0.237 e. The molecule has 0 aromatic rings. The summed E-state index contributed by atoms with van der Waals surface area (Å²) in [6, 6.07) is 0.191. The van der Waals surface area contributed by atoms with E-state index in [-0.39, 0.29) is 11.9 Å². The highest BCUT2D eigenvalue weighted by Crippen LogP contribution is 1.96. The monoisotopic (exact) mass is 196 g/mol. The second kappa shape index (κ2) is 7.40. The number of carbonyl (C=O) groups excluding carboxylic acids is 1. The van der Waals surface area contributed by atoms with Gasteiger partial charge < -0.3 is 10.6 Å². The van der Waals surface area contributed by atoms with Crippen LogP contribution in [0.5, 0.6) is 0 Å². The summed E-state index contributed by atoms with van der Waals surface area (Å²) in [6.45, 7) is 6.35. The van der Waals surface area contributed by atoms with Gasteiger partial charge >= 0.3 is 0 Å². The van der Waals surface area contributed by atoms with Gasteiger partial charge in [0.1, 0.15) is 0 Å². The van der Waals surface area contributed by atoms with Gasteiger partial charge in [0.15, 0.2) is 0 Å². The van der Waals surface area contributed by atoms with Crippen LogP contribution in [0.25, 0.3) is 0 Å². The lowest BCUT2D eigenvalue weighted by Gasteiger charge is -2.18. The Balaban J connectivity index is 3.77. The van der Waals surface area contributed by atoms with Crippen molar-refractivity contribution in [2.45, 2.75) is 45.7 Å². The van der Waals surface area contributed by atoms with Crippen molar-refractivity contribution in [3.05, 3.63) is 0 Å². The first-order valence-electron chi connectivity index (χ1n) is 5.09. The summed E-state index contributed by atoms with van der Waals surface area (Å²) in [7, 11) is 0. The molecule has 1 amide bonds. The second-order valence-corrected chi connectivity index (χ2v) is 3.50. The maximum absolute atomic E-state index is 11.4. The zero-order valence-electron chi connectivity index (χ0n) is 9.26. The Morgan fingerprint density at radius 3 is 2.64 bits per heavy atom. The number of hydrogen-bond donors (Lipinski definition) is 2. The standard InChI is InChI=1S/C11H20N2O/c1-5-7-9(3)13-10(4)11(14)12-8-6-2/h2,9-10,13H,5,7-8H2,1,3-4H3,(H,12,14). The molecule has 0 rings (SSSR count). The summed E-state index contributed by atoms with van der Waals surface area (Å²) in [4.78, 5) is 11.4. The van der Waals surface area contributed by atoms with Crippen molar-refractivity contribution < 1.29 is 4.79 Å². The number of amides is 1. The molecule has 2 N–H and O–H groups in total. The highest BCUT2D eigenvalue weighted by molar-refractivity contribution is 5.81. The summed E-state index contributed by atoms with van der Waals surface area (Å²) >= 11 is 0. The molecule has 0 aliphatic heterocycles. The highest BCUT2D eigenvalue weighted by Gasteiger charge is 2.13. The van der Waals surface area contributed by atoms with Crippen molar-refractivity contribution in [1.29, 1.82) is 0 Å². The molecule has 0 saturated carbocycles. The van der Waals surface area contributed by atoms with Crippen LogP contribution < -0.4 is 10.6 Å². The van der Waals surface area contributed by atoms with Gasteiger partial charge in [-0.05, 0) is 20.3 Å². The third-order valence-corrected chi connectivity index (χ3v) is 2.01.